The summed E-state index contributed by atoms with van der Waals surface area (Å²) in [5.74, 6) is -3.11. The maximum absolute atomic E-state index is 12.7. The molecular weight excluding hydrogens is 264 g/mol. The monoisotopic (exact) mass is 281 g/mol. The first kappa shape index (κ1) is 15.3. The second-order valence-corrected chi connectivity index (χ2v) is 5.17. The van der Waals surface area contributed by atoms with Crippen LogP contribution >= 0.6 is 11.6 Å². The average molecular weight is 282 g/mol. The molecule has 0 aromatic carbocycles. The molecule has 0 aromatic rings. The fourth-order valence-electron chi connectivity index (χ4n) is 2.46. The van der Waals surface area contributed by atoms with E-state index in [1.807, 2.05) is 0 Å². The summed E-state index contributed by atoms with van der Waals surface area (Å²) < 4.78 is 25.4. The molecule has 0 aliphatic heterocycles. The van der Waals surface area contributed by atoms with Crippen molar-refractivity contribution in [2.45, 2.75) is 32.1 Å². The van der Waals surface area contributed by atoms with Gasteiger partial charge in [0.1, 0.15) is 5.78 Å². The van der Waals surface area contributed by atoms with Crippen molar-refractivity contribution in [3.63, 3.8) is 0 Å². The molecule has 104 valence electrons. The highest BCUT2D eigenvalue weighted by Gasteiger charge is 2.71. The Kier molecular flexibility index (Phi) is 5.08. The second-order valence-electron chi connectivity index (χ2n) is 4.91. The van der Waals surface area contributed by atoms with Crippen LogP contribution < -0.4 is 5.32 Å². The molecule has 1 N–H and O–H groups in total. The van der Waals surface area contributed by atoms with Crippen molar-refractivity contribution in [2.24, 2.45) is 17.8 Å². The van der Waals surface area contributed by atoms with E-state index in [0.29, 0.717) is 19.3 Å². The van der Waals surface area contributed by atoms with Gasteiger partial charge in [-0.2, -0.15) is 0 Å². The van der Waals surface area contributed by atoms with Gasteiger partial charge in [0.15, 0.2) is 0 Å². The minimum atomic E-state index is -2.42. The van der Waals surface area contributed by atoms with Crippen LogP contribution in [0.15, 0.2) is 0 Å². The lowest BCUT2D eigenvalue weighted by atomic mass is 9.97. The van der Waals surface area contributed by atoms with Crippen molar-refractivity contribution in [1.29, 1.82) is 0 Å². The summed E-state index contributed by atoms with van der Waals surface area (Å²) in [7, 11) is 1.60. The lowest BCUT2D eigenvalue weighted by Crippen LogP contribution is -2.12. The molecule has 2 atom stereocenters. The average Bonchev–Trinajstić information content (AvgIpc) is 2.71. The maximum atomic E-state index is 12.7. The first-order chi connectivity index (χ1) is 8.32. The highest BCUT2D eigenvalue weighted by atomic mass is 35.5. The molecule has 1 amide bonds. The summed E-state index contributed by atoms with van der Waals surface area (Å²) in [4.78, 5) is 20.6. The Balaban J connectivity index is 0.000000280. The fourth-order valence-corrected chi connectivity index (χ4v) is 2.57. The number of halogens is 3. The van der Waals surface area contributed by atoms with E-state index in [-0.39, 0.29) is 23.5 Å². The van der Waals surface area contributed by atoms with E-state index in [1.54, 1.807) is 7.05 Å². The van der Waals surface area contributed by atoms with Crippen molar-refractivity contribution < 1.29 is 18.4 Å². The summed E-state index contributed by atoms with van der Waals surface area (Å²) in [6, 6.07) is 0. The number of Topliss-reactive ketones (excluding diaryl/α,β-unsaturated/α-hetero) is 1. The number of hydrogen-bond donors (Lipinski definition) is 1. The van der Waals surface area contributed by atoms with Crippen molar-refractivity contribution in [1.82, 2.24) is 5.32 Å². The van der Waals surface area contributed by atoms with Gasteiger partial charge in [-0.3, -0.25) is 9.59 Å². The van der Waals surface area contributed by atoms with Crippen LogP contribution in [-0.4, -0.2) is 30.5 Å². The number of carbonyl (C=O) groups is 2. The molecule has 2 unspecified atom stereocenters. The van der Waals surface area contributed by atoms with Gasteiger partial charge in [0.2, 0.25) is 5.91 Å². The fraction of sp³-hybridized carbons (Fsp3) is 0.833. The van der Waals surface area contributed by atoms with Crippen LogP contribution in [0.25, 0.3) is 0 Å². The molecule has 0 saturated heterocycles. The predicted molar refractivity (Wildman–Crippen MR) is 64.7 cm³/mol. The molecule has 0 radical (unpaired) electrons. The highest BCUT2D eigenvalue weighted by Crippen LogP contribution is 2.66. The van der Waals surface area contributed by atoms with Crippen LogP contribution in [0.5, 0.6) is 0 Å². The van der Waals surface area contributed by atoms with Gasteiger partial charge in [-0.25, -0.2) is 8.78 Å². The zero-order chi connectivity index (χ0) is 13.9. The zero-order valence-electron chi connectivity index (χ0n) is 10.5. The molecule has 6 heteroatoms. The third kappa shape index (κ3) is 3.64. The number of fused-ring (bicyclic) bond motifs is 1. The van der Waals surface area contributed by atoms with E-state index < -0.39 is 17.8 Å². The Hall–Kier alpha value is -0.710. The first-order valence-corrected chi connectivity index (χ1v) is 6.50. The standard InChI is InChI=1S/C9H11ClF2O.C3H7NO/c10-4-6(13)1-5-2-7-8(3-5)9(7,11)12;1-3(5)4-2/h5,7-8H,1-4H2;1-2H3,(H,4,5). The minimum absolute atomic E-state index is 0.00463. The van der Waals surface area contributed by atoms with E-state index in [2.05, 4.69) is 5.32 Å². The number of rotatable bonds is 3. The van der Waals surface area contributed by atoms with Crippen LogP contribution in [-0.2, 0) is 9.59 Å². The van der Waals surface area contributed by atoms with Crippen molar-refractivity contribution in [3.05, 3.63) is 0 Å². The van der Waals surface area contributed by atoms with Crippen LogP contribution in [0.4, 0.5) is 8.78 Å². The quantitative estimate of drug-likeness (QED) is 0.807. The molecule has 2 aliphatic carbocycles. The van der Waals surface area contributed by atoms with E-state index in [9.17, 15) is 18.4 Å². The summed E-state index contributed by atoms with van der Waals surface area (Å²) >= 11 is 5.34. The van der Waals surface area contributed by atoms with Crippen LogP contribution in [0.2, 0.25) is 0 Å². The second kappa shape index (κ2) is 5.95. The molecule has 3 nitrogen and oxygen atoms in total. The topological polar surface area (TPSA) is 46.2 Å². The van der Waals surface area contributed by atoms with Gasteiger partial charge >= 0.3 is 0 Å². The number of hydrogen-bond acceptors (Lipinski definition) is 2. The Bertz CT molecular complexity index is 322. The lowest BCUT2D eigenvalue weighted by Gasteiger charge is -2.11. The largest absolute Gasteiger partial charge is 0.359 e. The number of ketones is 1. The van der Waals surface area contributed by atoms with Gasteiger partial charge in [0, 0.05) is 32.2 Å². The van der Waals surface area contributed by atoms with Gasteiger partial charge in [-0.15, -0.1) is 11.6 Å². The van der Waals surface area contributed by atoms with Gasteiger partial charge in [-0.1, -0.05) is 0 Å². The van der Waals surface area contributed by atoms with E-state index in [1.165, 1.54) is 6.92 Å². The lowest BCUT2D eigenvalue weighted by molar-refractivity contribution is -0.119. The summed E-state index contributed by atoms with van der Waals surface area (Å²) in [6.45, 7) is 1.47. The molecule has 2 rings (SSSR count). The smallest absolute Gasteiger partial charge is 0.254 e. The molecule has 0 heterocycles. The van der Waals surface area contributed by atoms with Gasteiger partial charge < -0.3 is 5.32 Å². The number of carbonyl (C=O) groups excluding carboxylic acids is 2. The molecule has 0 aromatic heterocycles. The Labute approximate surface area is 110 Å². The van der Waals surface area contributed by atoms with E-state index in [0.717, 1.165) is 0 Å². The molecular formula is C12H18ClF2NO2. The van der Waals surface area contributed by atoms with Crippen molar-refractivity contribution >= 4 is 23.3 Å². The van der Waals surface area contributed by atoms with Gasteiger partial charge in [-0.05, 0) is 18.8 Å². The summed E-state index contributed by atoms with van der Waals surface area (Å²) in [5.41, 5.74) is 0. The Morgan fingerprint density at radius 3 is 2.11 bits per heavy atom. The molecule has 18 heavy (non-hydrogen) atoms. The third-order valence-electron chi connectivity index (χ3n) is 3.56. The van der Waals surface area contributed by atoms with E-state index >= 15 is 0 Å². The Morgan fingerprint density at radius 2 is 1.78 bits per heavy atom. The number of amides is 1. The van der Waals surface area contributed by atoms with Crippen molar-refractivity contribution in [3.8, 4) is 0 Å². The highest BCUT2D eigenvalue weighted by molar-refractivity contribution is 6.27. The van der Waals surface area contributed by atoms with Crippen LogP contribution in [0, 0.1) is 17.8 Å². The maximum Gasteiger partial charge on any atom is 0.254 e. The molecule has 2 aliphatic rings. The van der Waals surface area contributed by atoms with Gasteiger partial charge in [0.05, 0.1) is 5.88 Å². The third-order valence-corrected chi connectivity index (χ3v) is 3.86. The number of nitrogens with one attached hydrogen (secondary N) is 1. The normalized spacial score (nSPS) is 30.8. The molecule has 0 bridgehead atoms. The summed E-state index contributed by atoms with van der Waals surface area (Å²) in [5, 5.41) is 2.39. The van der Waals surface area contributed by atoms with E-state index in [4.69, 9.17) is 11.6 Å². The predicted octanol–water partition coefficient (Wildman–Crippen LogP) is 2.23. The van der Waals surface area contributed by atoms with Crippen LogP contribution in [0.1, 0.15) is 26.2 Å². The molecule has 0 spiro atoms. The van der Waals surface area contributed by atoms with Gasteiger partial charge in [0.25, 0.3) is 5.92 Å². The number of alkyl halides is 3. The zero-order valence-corrected chi connectivity index (χ0v) is 11.3. The van der Waals surface area contributed by atoms with Crippen LogP contribution in [0.3, 0.4) is 0 Å². The first-order valence-electron chi connectivity index (χ1n) is 5.96. The SMILES string of the molecule is CNC(C)=O.O=C(CCl)CC1CC2C(C1)C2(F)F. The Morgan fingerprint density at radius 1 is 1.33 bits per heavy atom. The summed E-state index contributed by atoms with van der Waals surface area (Å²) in [6.07, 6.45) is 1.42. The molecule has 2 fully saturated rings. The molecule has 2 saturated carbocycles. The minimum Gasteiger partial charge on any atom is -0.359 e. The van der Waals surface area contributed by atoms with Crippen molar-refractivity contribution in [2.75, 3.05) is 12.9 Å².